The minimum absolute atomic E-state index is 0.0875. The van der Waals surface area contributed by atoms with Crippen LogP contribution in [0.15, 0.2) is 36.5 Å². The molecule has 0 aliphatic heterocycles. The highest BCUT2D eigenvalue weighted by Crippen LogP contribution is 2.12. The number of hydrogen-bond acceptors (Lipinski definition) is 3. The maximum Gasteiger partial charge on any atom is 0.220 e. The van der Waals surface area contributed by atoms with Crippen molar-refractivity contribution in [3.05, 3.63) is 36.5 Å². The monoisotopic (exact) mass is 547 g/mol. The van der Waals surface area contributed by atoms with Crippen LogP contribution in [0.5, 0.6) is 0 Å². The maximum absolute atomic E-state index is 12.1. The summed E-state index contributed by atoms with van der Waals surface area (Å²) in [4.78, 5) is 12.1. The van der Waals surface area contributed by atoms with Gasteiger partial charge in [-0.25, -0.2) is 0 Å². The summed E-state index contributed by atoms with van der Waals surface area (Å²) in [5.41, 5.74) is 0. The predicted octanol–water partition coefficient (Wildman–Crippen LogP) is 9.51. The quantitative estimate of drug-likeness (QED) is 0.0645. The van der Waals surface area contributed by atoms with Crippen molar-refractivity contribution in [3.8, 4) is 0 Å². The molecular formula is C35H65NO3. The fourth-order valence-corrected chi connectivity index (χ4v) is 4.74. The lowest BCUT2D eigenvalue weighted by molar-refractivity contribution is -0.123. The van der Waals surface area contributed by atoms with Crippen LogP contribution in [0.25, 0.3) is 0 Å². The molecular weight excluding hydrogens is 482 g/mol. The Morgan fingerprint density at radius 1 is 0.590 bits per heavy atom. The summed E-state index contributed by atoms with van der Waals surface area (Å²) in [7, 11) is 0. The predicted molar refractivity (Wildman–Crippen MR) is 170 cm³/mol. The van der Waals surface area contributed by atoms with Crippen LogP contribution >= 0.6 is 0 Å². The molecule has 39 heavy (non-hydrogen) atoms. The number of allylic oxidation sites excluding steroid dienone is 5. The van der Waals surface area contributed by atoms with Gasteiger partial charge in [-0.15, -0.1) is 0 Å². The average Bonchev–Trinajstić information content (AvgIpc) is 2.94. The second kappa shape index (κ2) is 31.1. The van der Waals surface area contributed by atoms with Crippen molar-refractivity contribution >= 4 is 5.91 Å². The highest BCUT2D eigenvalue weighted by atomic mass is 16.3. The number of amides is 1. The zero-order chi connectivity index (χ0) is 28.7. The third kappa shape index (κ3) is 28.0. The molecule has 0 aliphatic rings. The fourth-order valence-electron chi connectivity index (χ4n) is 4.74. The molecule has 0 aromatic carbocycles. The first-order valence-electron chi connectivity index (χ1n) is 16.7. The summed E-state index contributed by atoms with van der Waals surface area (Å²) >= 11 is 0. The van der Waals surface area contributed by atoms with E-state index >= 15 is 0 Å². The summed E-state index contributed by atoms with van der Waals surface area (Å²) in [5, 5.41) is 22.7. The fraction of sp³-hybridized carbons (Fsp3) is 0.800. The minimum Gasteiger partial charge on any atom is -0.394 e. The van der Waals surface area contributed by atoms with Gasteiger partial charge in [0.1, 0.15) is 0 Å². The Labute approximate surface area is 242 Å². The van der Waals surface area contributed by atoms with E-state index in [9.17, 15) is 15.0 Å². The molecule has 0 bridgehead atoms. The van der Waals surface area contributed by atoms with Crippen molar-refractivity contribution in [2.75, 3.05) is 6.61 Å². The van der Waals surface area contributed by atoms with Gasteiger partial charge in [0.2, 0.25) is 5.91 Å². The van der Waals surface area contributed by atoms with Crippen LogP contribution in [0, 0.1) is 0 Å². The molecule has 0 radical (unpaired) electrons. The number of aliphatic hydroxyl groups is 2. The second-order valence-corrected chi connectivity index (χ2v) is 11.2. The van der Waals surface area contributed by atoms with Crippen molar-refractivity contribution in [3.63, 3.8) is 0 Å². The summed E-state index contributed by atoms with van der Waals surface area (Å²) in [6, 6.07) is -0.638. The molecule has 0 spiro atoms. The zero-order valence-electron chi connectivity index (χ0n) is 25.9. The zero-order valence-corrected chi connectivity index (χ0v) is 25.9. The molecule has 0 fully saturated rings. The van der Waals surface area contributed by atoms with Crippen molar-refractivity contribution in [1.82, 2.24) is 5.32 Å². The van der Waals surface area contributed by atoms with E-state index in [1.807, 2.05) is 6.08 Å². The van der Waals surface area contributed by atoms with Crippen molar-refractivity contribution in [1.29, 1.82) is 0 Å². The SMILES string of the molecule is CCCCCCCCCCCC/C=C/CC/C=C/CC/C=C/C(O)C(CO)NC(=O)CCCCCCCCC. The third-order valence-corrected chi connectivity index (χ3v) is 7.35. The van der Waals surface area contributed by atoms with Crippen LogP contribution in [-0.2, 0) is 4.79 Å². The van der Waals surface area contributed by atoms with E-state index in [1.165, 1.54) is 103 Å². The van der Waals surface area contributed by atoms with E-state index in [2.05, 4.69) is 43.5 Å². The largest absolute Gasteiger partial charge is 0.394 e. The molecule has 0 heterocycles. The number of rotatable bonds is 29. The van der Waals surface area contributed by atoms with E-state index in [4.69, 9.17) is 0 Å². The number of carbonyl (C=O) groups is 1. The molecule has 0 aromatic rings. The lowest BCUT2D eigenvalue weighted by atomic mass is 10.1. The van der Waals surface area contributed by atoms with Gasteiger partial charge in [-0.2, -0.15) is 0 Å². The lowest BCUT2D eigenvalue weighted by Crippen LogP contribution is -2.45. The Hall–Kier alpha value is -1.39. The van der Waals surface area contributed by atoms with Gasteiger partial charge in [-0.1, -0.05) is 147 Å². The van der Waals surface area contributed by atoms with E-state index in [1.54, 1.807) is 6.08 Å². The molecule has 4 heteroatoms. The van der Waals surface area contributed by atoms with Gasteiger partial charge < -0.3 is 15.5 Å². The molecule has 2 atom stereocenters. The van der Waals surface area contributed by atoms with Crippen molar-refractivity contribution in [2.24, 2.45) is 0 Å². The highest BCUT2D eigenvalue weighted by Gasteiger charge is 2.17. The minimum atomic E-state index is -0.863. The first-order chi connectivity index (χ1) is 19.2. The van der Waals surface area contributed by atoms with E-state index in [-0.39, 0.29) is 12.5 Å². The topological polar surface area (TPSA) is 69.6 Å². The van der Waals surface area contributed by atoms with Crippen LogP contribution in [-0.4, -0.2) is 34.9 Å². The van der Waals surface area contributed by atoms with Crippen molar-refractivity contribution < 1.29 is 15.0 Å². The normalized spacial score (nSPS) is 13.6. The van der Waals surface area contributed by atoms with Gasteiger partial charge in [-0.3, -0.25) is 4.79 Å². The number of nitrogens with one attached hydrogen (secondary N) is 1. The van der Waals surface area contributed by atoms with Crippen LogP contribution in [0.4, 0.5) is 0 Å². The van der Waals surface area contributed by atoms with E-state index < -0.39 is 12.1 Å². The average molecular weight is 548 g/mol. The van der Waals surface area contributed by atoms with Gasteiger partial charge >= 0.3 is 0 Å². The van der Waals surface area contributed by atoms with Gasteiger partial charge in [0, 0.05) is 6.42 Å². The molecule has 1 amide bonds. The molecule has 4 nitrogen and oxygen atoms in total. The van der Waals surface area contributed by atoms with E-state index in [0.717, 1.165) is 38.5 Å². The van der Waals surface area contributed by atoms with Crippen LogP contribution < -0.4 is 5.32 Å². The Morgan fingerprint density at radius 2 is 1.00 bits per heavy atom. The molecule has 0 aromatic heterocycles. The number of unbranched alkanes of at least 4 members (excludes halogenated alkanes) is 18. The summed E-state index contributed by atoms with van der Waals surface area (Å²) in [5.74, 6) is -0.0875. The molecule has 0 aliphatic carbocycles. The summed E-state index contributed by atoms with van der Waals surface area (Å²) in [6.45, 7) is 4.23. The molecule has 0 saturated carbocycles. The third-order valence-electron chi connectivity index (χ3n) is 7.35. The van der Waals surface area contributed by atoms with Crippen molar-refractivity contribution in [2.45, 2.75) is 174 Å². The Balaban J connectivity index is 3.70. The number of aliphatic hydroxyl groups excluding tert-OH is 2. The molecule has 228 valence electrons. The summed E-state index contributed by atoms with van der Waals surface area (Å²) < 4.78 is 0. The molecule has 2 unspecified atom stereocenters. The molecule has 0 rings (SSSR count). The Bertz CT molecular complexity index is 599. The molecule has 3 N–H and O–H groups in total. The number of hydrogen-bond donors (Lipinski definition) is 3. The van der Waals surface area contributed by atoms with Gasteiger partial charge in [-0.05, 0) is 44.9 Å². The van der Waals surface area contributed by atoms with Gasteiger partial charge in [0.05, 0.1) is 18.8 Å². The van der Waals surface area contributed by atoms with Crippen LogP contribution in [0.3, 0.4) is 0 Å². The van der Waals surface area contributed by atoms with Gasteiger partial charge in [0.15, 0.2) is 0 Å². The smallest absolute Gasteiger partial charge is 0.220 e. The maximum atomic E-state index is 12.1. The van der Waals surface area contributed by atoms with E-state index in [0.29, 0.717) is 6.42 Å². The second-order valence-electron chi connectivity index (χ2n) is 11.2. The Kier molecular flexibility index (Phi) is 30.0. The molecule has 0 saturated heterocycles. The lowest BCUT2D eigenvalue weighted by Gasteiger charge is -2.19. The van der Waals surface area contributed by atoms with Crippen LogP contribution in [0.1, 0.15) is 162 Å². The first kappa shape index (κ1) is 37.6. The number of carbonyl (C=O) groups excluding carboxylic acids is 1. The van der Waals surface area contributed by atoms with Gasteiger partial charge in [0.25, 0.3) is 0 Å². The Morgan fingerprint density at radius 3 is 1.49 bits per heavy atom. The summed E-state index contributed by atoms with van der Waals surface area (Å²) in [6.07, 6.45) is 39.5. The highest BCUT2D eigenvalue weighted by molar-refractivity contribution is 5.76. The standard InChI is InChI=1S/C35H65NO3/c1-3-5-7-9-11-12-13-14-15-16-17-18-19-20-21-22-23-25-26-28-30-34(38)33(32-37)36-35(39)31-29-27-24-10-8-6-4-2/h18-19,22-23,28,30,33-34,37-38H,3-17,20-21,24-27,29,31-32H2,1-2H3,(H,36,39)/b19-18+,23-22+,30-28+. The first-order valence-corrected chi connectivity index (χ1v) is 16.7. The van der Waals surface area contributed by atoms with Crippen LogP contribution in [0.2, 0.25) is 0 Å².